The highest BCUT2D eigenvalue weighted by molar-refractivity contribution is 8.02. The molecule has 226 valence electrons. The molecule has 1 N–H and O–H groups in total. The topological polar surface area (TPSA) is 118 Å². The number of carbonyl (C=O) groups is 3. The Kier molecular flexibility index (Phi) is 8.04. The van der Waals surface area contributed by atoms with Gasteiger partial charge < -0.3 is 19.6 Å². The molecule has 7 atom stereocenters. The van der Waals surface area contributed by atoms with Crippen molar-refractivity contribution in [3.05, 3.63) is 72.8 Å². The molecule has 43 heavy (non-hydrogen) atoms. The van der Waals surface area contributed by atoms with Crippen LogP contribution in [-0.2, 0) is 32.2 Å². The molecule has 0 saturated carbocycles. The number of esters is 1. The lowest BCUT2D eigenvalue weighted by atomic mass is 9.66. The highest BCUT2D eigenvalue weighted by atomic mass is 32.2. The number of aliphatic hydroxyl groups is 1. The van der Waals surface area contributed by atoms with Crippen LogP contribution >= 0.6 is 11.8 Å². The quantitative estimate of drug-likeness (QED) is 0.263. The number of nitrogens with zero attached hydrogens (tertiary/aromatic N) is 5. The van der Waals surface area contributed by atoms with Crippen molar-refractivity contribution in [2.45, 2.75) is 55.4 Å². The van der Waals surface area contributed by atoms with Crippen LogP contribution in [0.4, 0.5) is 0 Å². The van der Waals surface area contributed by atoms with Crippen LogP contribution in [-0.4, -0.2) is 89.5 Å². The molecular formula is C32H37N5O5S. The van der Waals surface area contributed by atoms with Crippen LogP contribution in [0.5, 0.6) is 0 Å². The zero-order valence-electron chi connectivity index (χ0n) is 24.4. The van der Waals surface area contributed by atoms with E-state index in [-0.39, 0.29) is 55.4 Å². The fourth-order valence-corrected chi connectivity index (χ4v) is 9.90. The van der Waals surface area contributed by atoms with Gasteiger partial charge in [-0.2, -0.15) is 0 Å². The van der Waals surface area contributed by atoms with Gasteiger partial charge in [0, 0.05) is 11.8 Å². The third kappa shape index (κ3) is 4.73. The van der Waals surface area contributed by atoms with E-state index in [2.05, 4.69) is 23.8 Å². The van der Waals surface area contributed by atoms with E-state index in [1.54, 1.807) is 39.2 Å². The Labute approximate surface area is 255 Å². The van der Waals surface area contributed by atoms with Crippen LogP contribution in [0.15, 0.2) is 67.3 Å². The number of hydrogen-bond acceptors (Lipinski definition) is 8. The van der Waals surface area contributed by atoms with E-state index < -0.39 is 28.7 Å². The minimum atomic E-state index is -0.898. The molecule has 2 aromatic carbocycles. The molecule has 11 heteroatoms. The summed E-state index contributed by atoms with van der Waals surface area (Å²) in [4.78, 5) is 46.1. The number of aliphatic hydroxyl groups excluding tert-OH is 1. The molecule has 1 spiro atoms. The van der Waals surface area contributed by atoms with Crippen molar-refractivity contribution >= 4 is 40.6 Å². The summed E-state index contributed by atoms with van der Waals surface area (Å²) in [7, 11) is 0. The molecule has 10 nitrogen and oxygen atoms in total. The summed E-state index contributed by atoms with van der Waals surface area (Å²) in [6.45, 7) is 7.95. The Morgan fingerprint density at radius 2 is 1.98 bits per heavy atom. The molecule has 6 rings (SSSR count). The molecule has 3 unspecified atom stereocenters. The summed E-state index contributed by atoms with van der Waals surface area (Å²) in [6, 6.07) is 15.6. The summed E-state index contributed by atoms with van der Waals surface area (Å²) in [5.41, 5.74) is 2.44. The van der Waals surface area contributed by atoms with Crippen LogP contribution in [0.3, 0.4) is 0 Å². The van der Waals surface area contributed by atoms with E-state index in [1.807, 2.05) is 54.6 Å². The van der Waals surface area contributed by atoms with Gasteiger partial charge in [0.05, 0.1) is 41.4 Å². The van der Waals surface area contributed by atoms with E-state index in [4.69, 9.17) is 4.74 Å². The second-order valence-electron chi connectivity index (χ2n) is 11.6. The third-order valence-corrected chi connectivity index (χ3v) is 11.4. The fraction of sp³-hybridized carbons (Fsp3) is 0.469. The van der Waals surface area contributed by atoms with Gasteiger partial charge in [0.25, 0.3) is 0 Å². The van der Waals surface area contributed by atoms with Crippen molar-refractivity contribution in [1.29, 1.82) is 0 Å². The molecule has 4 heterocycles. The molecule has 3 aromatic rings. The van der Waals surface area contributed by atoms with Gasteiger partial charge in [0.2, 0.25) is 11.8 Å². The number of fused-ring (bicyclic) bond motifs is 2. The predicted molar refractivity (Wildman–Crippen MR) is 163 cm³/mol. The smallest absolute Gasteiger partial charge is 0.310 e. The molecule has 3 aliphatic heterocycles. The number of ether oxygens (including phenoxy) is 1. The van der Waals surface area contributed by atoms with Crippen LogP contribution < -0.4 is 0 Å². The van der Waals surface area contributed by atoms with Crippen LogP contribution in [0, 0.1) is 17.8 Å². The van der Waals surface area contributed by atoms with Crippen molar-refractivity contribution in [3.63, 3.8) is 0 Å². The van der Waals surface area contributed by atoms with Crippen LogP contribution in [0.25, 0.3) is 11.0 Å². The summed E-state index contributed by atoms with van der Waals surface area (Å²) in [5.74, 6) is -2.29. The minimum Gasteiger partial charge on any atom is -0.466 e. The first kappa shape index (κ1) is 29.4. The largest absolute Gasteiger partial charge is 0.466 e. The molecule has 2 bridgehead atoms. The number of thioether (sulfide) groups is 1. The normalized spacial score (nSPS) is 28.2. The van der Waals surface area contributed by atoms with Crippen molar-refractivity contribution < 1.29 is 24.2 Å². The lowest BCUT2D eigenvalue weighted by Gasteiger charge is -2.42. The number of benzene rings is 2. The van der Waals surface area contributed by atoms with Crippen molar-refractivity contribution in [3.8, 4) is 0 Å². The van der Waals surface area contributed by atoms with Crippen molar-refractivity contribution in [2.75, 3.05) is 19.8 Å². The first-order valence-corrected chi connectivity index (χ1v) is 15.7. The number of rotatable bonds is 11. The number of hydrogen-bond donors (Lipinski definition) is 1. The van der Waals surface area contributed by atoms with E-state index >= 15 is 0 Å². The first-order chi connectivity index (χ1) is 20.8. The summed E-state index contributed by atoms with van der Waals surface area (Å²) < 4.78 is 6.31. The van der Waals surface area contributed by atoms with Crippen LogP contribution in [0.1, 0.15) is 25.8 Å². The van der Waals surface area contributed by atoms with Gasteiger partial charge in [-0.05, 0) is 43.4 Å². The number of amides is 2. The molecular weight excluding hydrogens is 566 g/mol. The highest BCUT2D eigenvalue weighted by Crippen LogP contribution is 2.69. The third-order valence-electron chi connectivity index (χ3n) is 9.28. The van der Waals surface area contributed by atoms with Crippen molar-refractivity contribution in [2.24, 2.45) is 17.8 Å². The number of aromatic nitrogens is 3. The van der Waals surface area contributed by atoms with Gasteiger partial charge in [0.15, 0.2) is 0 Å². The van der Waals surface area contributed by atoms with Gasteiger partial charge in [-0.1, -0.05) is 60.7 Å². The summed E-state index contributed by atoms with van der Waals surface area (Å²) >= 11 is 1.59. The SMILES string of the molecule is C=CCN(Cn1nnc2ccccc21)C(=O)C1N([C@@H](CO)Cc2ccccc2)C(=O)[C@@H]2[C@H](C(=O)OCC)[C@@H]3CC(C)C12S3. The Balaban J connectivity index is 1.44. The number of para-hydroxylation sites is 1. The van der Waals surface area contributed by atoms with E-state index in [0.717, 1.165) is 11.1 Å². The van der Waals surface area contributed by atoms with E-state index in [1.165, 1.54) is 0 Å². The molecule has 3 aliphatic rings. The number of carbonyl (C=O) groups excluding carboxylic acids is 3. The maximum atomic E-state index is 14.9. The zero-order valence-corrected chi connectivity index (χ0v) is 25.2. The summed E-state index contributed by atoms with van der Waals surface area (Å²) in [6.07, 6.45) is 2.73. The lowest BCUT2D eigenvalue weighted by Crippen LogP contribution is -2.59. The molecule has 3 saturated heterocycles. The highest BCUT2D eigenvalue weighted by Gasteiger charge is 2.77. The van der Waals surface area contributed by atoms with E-state index in [0.29, 0.717) is 18.4 Å². The molecule has 2 amide bonds. The average Bonchev–Trinajstić information content (AvgIpc) is 3.73. The maximum absolute atomic E-state index is 14.9. The van der Waals surface area contributed by atoms with Gasteiger partial charge in [-0.3, -0.25) is 14.4 Å². The number of likely N-dealkylation sites (tertiary alicyclic amines) is 1. The molecule has 1 aromatic heterocycles. The average molecular weight is 604 g/mol. The standard InChI is InChI=1S/C32H37N5O5S/c1-4-15-35(19-36-24-14-10-9-13-23(24)33-34-36)30(40)28-32-20(3)16-25(43-32)26(31(41)42-5-2)27(32)29(39)37(28)22(18-38)17-21-11-7-6-8-12-21/h4,6-14,20,22,25-28,38H,1,5,15-19H2,2-3H3/t20?,22-,25+,26-,27+,28?,32?/m1/s1. The molecule has 3 fully saturated rings. The monoisotopic (exact) mass is 603 g/mol. The minimum absolute atomic E-state index is 0.0186. The Hall–Kier alpha value is -3.70. The van der Waals surface area contributed by atoms with Gasteiger partial charge in [-0.15, -0.1) is 23.4 Å². The fourth-order valence-electron chi connectivity index (χ4n) is 7.51. The Bertz CT molecular complexity index is 1530. The lowest BCUT2D eigenvalue weighted by molar-refractivity contribution is -0.154. The second-order valence-corrected chi connectivity index (χ2v) is 13.2. The predicted octanol–water partition coefficient (Wildman–Crippen LogP) is 2.91. The Morgan fingerprint density at radius 3 is 2.70 bits per heavy atom. The van der Waals surface area contributed by atoms with E-state index in [9.17, 15) is 19.5 Å². The molecule has 0 radical (unpaired) electrons. The Morgan fingerprint density at radius 1 is 1.23 bits per heavy atom. The van der Waals surface area contributed by atoms with Gasteiger partial charge in [0.1, 0.15) is 18.2 Å². The van der Waals surface area contributed by atoms with Crippen molar-refractivity contribution in [1.82, 2.24) is 24.8 Å². The first-order valence-electron chi connectivity index (χ1n) is 14.8. The van der Waals surface area contributed by atoms with Gasteiger partial charge >= 0.3 is 5.97 Å². The van der Waals surface area contributed by atoms with Crippen LogP contribution in [0.2, 0.25) is 0 Å². The van der Waals surface area contributed by atoms with Gasteiger partial charge in [-0.25, -0.2) is 4.68 Å². The summed E-state index contributed by atoms with van der Waals surface area (Å²) in [5, 5.41) is 19.2. The zero-order chi connectivity index (χ0) is 30.3. The maximum Gasteiger partial charge on any atom is 0.310 e. The second kappa shape index (κ2) is 11.8. The molecule has 0 aliphatic carbocycles.